The van der Waals surface area contributed by atoms with Crippen LogP contribution in [0.5, 0.6) is 5.88 Å². The zero-order chi connectivity index (χ0) is 8.81. The molecule has 1 aromatic rings. The molecule has 0 aromatic carbocycles. The minimum absolute atomic E-state index is 0.478. The Balaban J connectivity index is 2.53. The monoisotopic (exact) mass is 226 g/mol. The van der Waals surface area contributed by atoms with Crippen LogP contribution >= 0.6 is 15.9 Å². The van der Waals surface area contributed by atoms with Gasteiger partial charge in [-0.25, -0.2) is 9.97 Å². The molecule has 0 aliphatic heterocycles. The maximum absolute atomic E-state index is 5.24. The summed E-state index contributed by atoms with van der Waals surface area (Å²) in [6.07, 6.45) is 8.69. The highest BCUT2D eigenvalue weighted by Gasteiger charge is 1.99. The van der Waals surface area contributed by atoms with Gasteiger partial charge in [-0.15, -0.1) is 12.3 Å². The minimum atomic E-state index is 0.478. The number of hydrogen-bond acceptors (Lipinski definition) is 3. The molecule has 0 atom stereocenters. The lowest BCUT2D eigenvalue weighted by atomic mass is 10.5. The average molecular weight is 227 g/mol. The largest absolute Gasteiger partial charge is 0.476 e. The first-order chi connectivity index (χ1) is 5.84. The number of nitrogens with zero attached hydrogens (tertiary/aromatic N) is 2. The Labute approximate surface area is 79.3 Å². The molecule has 1 heterocycles. The first kappa shape index (κ1) is 9.01. The number of aromatic nitrogens is 2. The van der Waals surface area contributed by atoms with Gasteiger partial charge in [-0.2, -0.15) is 0 Å². The highest BCUT2D eigenvalue weighted by Crippen LogP contribution is 2.19. The van der Waals surface area contributed by atoms with E-state index >= 15 is 0 Å². The molecule has 0 saturated heterocycles. The second kappa shape index (κ2) is 4.73. The van der Waals surface area contributed by atoms with Crippen molar-refractivity contribution in [2.45, 2.75) is 6.42 Å². The molecule has 1 aromatic heterocycles. The summed E-state index contributed by atoms with van der Waals surface area (Å²) in [6, 6.07) is 0. The molecule has 0 unspecified atom stereocenters. The van der Waals surface area contributed by atoms with Crippen LogP contribution in [-0.2, 0) is 0 Å². The SMILES string of the molecule is C#CCCOc1ncncc1Br. The maximum atomic E-state index is 5.24. The third-order valence-corrected chi connectivity index (χ3v) is 1.66. The van der Waals surface area contributed by atoms with E-state index in [1.807, 2.05) is 0 Å². The molecule has 1 rings (SSSR count). The van der Waals surface area contributed by atoms with Crippen LogP contribution in [0.3, 0.4) is 0 Å². The zero-order valence-electron chi connectivity index (χ0n) is 6.33. The number of ether oxygens (including phenoxy) is 1. The third kappa shape index (κ3) is 2.51. The van der Waals surface area contributed by atoms with Crippen LogP contribution in [0.2, 0.25) is 0 Å². The van der Waals surface area contributed by atoms with Crippen LogP contribution in [0.1, 0.15) is 6.42 Å². The van der Waals surface area contributed by atoms with Crippen LogP contribution < -0.4 is 4.74 Å². The van der Waals surface area contributed by atoms with Crippen molar-refractivity contribution in [2.24, 2.45) is 0 Å². The molecule has 4 heteroatoms. The molecule has 0 N–H and O–H groups in total. The van der Waals surface area contributed by atoms with E-state index < -0.39 is 0 Å². The molecular formula is C8H7BrN2O. The number of hydrogen-bond donors (Lipinski definition) is 0. The first-order valence-corrected chi connectivity index (χ1v) is 4.15. The summed E-state index contributed by atoms with van der Waals surface area (Å²) in [5.41, 5.74) is 0. The van der Waals surface area contributed by atoms with Gasteiger partial charge in [-0.1, -0.05) is 0 Å². The molecule has 0 amide bonds. The van der Waals surface area contributed by atoms with Gasteiger partial charge in [0.1, 0.15) is 12.9 Å². The van der Waals surface area contributed by atoms with Crippen LogP contribution in [0, 0.1) is 12.3 Å². The normalized spacial score (nSPS) is 9.00. The van der Waals surface area contributed by atoms with Crippen molar-refractivity contribution in [1.82, 2.24) is 9.97 Å². The van der Waals surface area contributed by atoms with E-state index in [4.69, 9.17) is 11.2 Å². The van der Waals surface area contributed by atoms with Gasteiger partial charge in [0, 0.05) is 12.6 Å². The molecule has 0 spiro atoms. The van der Waals surface area contributed by atoms with Gasteiger partial charge in [-0.05, 0) is 15.9 Å². The van der Waals surface area contributed by atoms with Gasteiger partial charge in [0.25, 0.3) is 0 Å². The minimum Gasteiger partial charge on any atom is -0.476 e. The Morgan fingerprint density at radius 2 is 2.50 bits per heavy atom. The van der Waals surface area contributed by atoms with Crippen LogP contribution in [0.15, 0.2) is 17.0 Å². The molecule has 0 bridgehead atoms. The number of rotatable bonds is 3. The van der Waals surface area contributed by atoms with Crippen molar-refractivity contribution in [3.63, 3.8) is 0 Å². The van der Waals surface area contributed by atoms with Gasteiger partial charge in [0.15, 0.2) is 0 Å². The van der Waals surface area contributed by atoms with E-state index in [1.165, 1.54) is 6.33 Å². The molecule has 0 radical (unpaired) electrons. The zero-order valence-corrected chi connectivity index (χ0v) is 7.91. The molecule has 0 fully saturated rings. The second-order valence-electron chi connectivity index (χ2n) is 1.98. The van der Waals surface area contributed by atoms with E-state index in [0.717, 1.165) is 4.47 Å². The number of terminal acetylenes is 1. The van der Waals surface area contributed by atoms with Crippen LogP contribution in [0.4, 0.5) is 0 Å². The van der Waals surface area contributed by atoms with Crippen LogP contribution in [-0.4, -0.2) is 16.6 Å². The van der Waals surface area contributed by atoms with Gasteiger partial charge in [0.05, 0.1) is 4.47 Å². The van der Waals surface area contributed by atoms with E-state index in [1.54, 1.807) is 6.20 Å². The van der Waals surface area contributed by atoms with Crippen molar-refractivity contribution < 1.29 is 4.74 Å². The Hall–Kier alpha value is -1.08. The fraction of sp³-hybridized carbons (Fsp3) is 0.250. The van der Waals surface area contributed by atoms with Crippen molar-refractivity contribution in [3.8, 4) is 18.2 Å². The molecule has 3 nitrogen and oxygen atoms in total. The van der Waals surface area contributed by atoms with E-state index in [9.17, 15) is 0 Å². The Kier molecular flexibility index (Phi) is 3.55. The fourth-order valence-corrected chi connectivity index (χ4v) is 0.949. The highest BCUT2D eigenvalue weighted by atomic mass is 79.9. The van der Waals surface area contributed by atoms with Crippen molar-refractivity contribution in [1.29, 1.82) is 0 Å². The molecular weight excluding hydrogens is 220 g/mol. The molecule has 12 heavy (non-hydrogen) atoms. The first-order valence-electron chi connectivity index (χ1n) is 3.36. The summed E-state index contributed by atoms with van der Waals surface area (Å²) in [5, 5.41) is 0. The molecule has 62 valence electrons. The Bertz CT molecular complexity index is 295. The molecule has 0 aliphatic rings. The lowest BCUT2D eigenvalue weighted by Crippen LogP contribution is -1.98. The summed E-state index contributed by atoms with van der Waals surface area (Å²) in [5.74, 6) is 3.00. The topological polar surface area (TPSA) is 35.0 Å². The van der Waals surface area contributed by atoms with E-state index in [0.29, 0.717) is 18.9 Å². The van der Waals surface area contributed by atoms with Crippen LogP contribution in [0.25, 0.3) is 0 Å². The summed E-state index contributed by atoms with van der Waals surface area (Å²) < 4.78 is 5.97. The predicted octanol–water partition coefficient (Wildman–Crippen LogP) is 1.64. The van der Waals surface area contributed by atoms with Crippen molar-refractivity contribution in [3.05, 3.63) is 17.0 Å². The maximum Gasteiger partial charge on any atom is 0.231 e. The third-order valence-electron chi connectivity index (χ3n) is 1.12. The van der Waals surface area contributed by atoms with Gasteiger partial charge < -0.3 is 4.74 Å². The van der Waals surface area contributed by atoms with E-state index in [2.05, 4.69) is 31.8 Å². The highest BCUT2D eigenvalue weighted by molar-refractivity contribution is 9.10. The fourth-order valence-electron chi connectivity index (χ4n) is 0.614. The summed E-state index contributed by atoms with van der Waals surface area (Å²) >= 11 is 3.25. The van der Waals surface area contributed by atoms with Gasteiger partial charge in [-0.3, -0.25) is 0 Å². The summed E-state index contributed by atoms with van der Waals surface area (Å²) in [7, 11) is 0. The second-order valence-corrected chi connectivity index (χ2v) is 2.83. The predicted molar refractivity (Wildman–Crippen MR) is 48.7 cm³/mol. The summed E-state index contributed by atoms with van der Waals surface area (Å²) in [4.78, 5) is 7.70. The van der Waals surface area contributed by atoms with E-state index in [-0.39, 0.29) is 0 Å². The lowest BCUT2D eigenvalue weighted by molar-refractivity contribution is 0.311. The average Bonchev–Trinajstić information content (AvgIpc) is 2.09. The lowest BCUT2D eigenvalue weighted by Gasteiger charge is -2.02. The molecule has 0 aliphatic carbocycles. The Morgan fingerprint density at radius 3 is 3.17 bits per heavy atom. The summed E-state index contributed by atoms with van der Waals surface area (Å²) in [6.45, 7) is 0.478. The van der Waals surface area contributed by atoms with Crippen molar-refractivity contribution >= 4 is 15.9 Å². The van der Waals surface area contributed by atoms with Gasteiger partial charge >= 0.3 is 0 Å². The quantitative estimate of drug-likeness (QED) is 0.581. The van der Waals surface area contributed by atoms with Crippen molar-refractivity contribution in [2.75, 3.05) is 6.61 Å². The molecule has 0 saturated carbocycles. The number of halogens is 1. The smallest absolute Gasteiger partial charge is 0.231 e. The standard InChI is InChI=1S/C8H7BrN2O/c1-2-3-4-12-8-7(9)5-10-6-11-8/h1,5-6H,3-4H2. The van der Waals surface area contributed by atoms with Gasteiger partial charge in [0.2, 0.25) is 5.88 Å². The Morgan fingerprint density at radius 1 is 1.67 bits per heavy atom.